The summed E-state index contributed by atoms with van der Waals surface area (Å²) in [6.07, 6.45) is 0.366. The van der Waals surface area contributed by atoms with Gasteiger partial charge in [-0.15, -0.1) is 0 Å². The molecule has 6 heteroatoms. The molecule has 0 fully saturated rings. The van der Waals surface area contributed by atoms with Gasteiger partial charge in [0.25, 0.3) is 0 Å². The number of fused-ring (bicyclic) bond motifs is 3. The number of halogens is 2. The van der Waals surface area contributed by atoms with E-state index >= 15 is 0 Å². The van der Waals surface area contributed by atoms with Crippen molar-refractivity contribution in [1.29, 1.82) is 0 Å². The maximum absolute atomic E-state index is 12.3. The topological polar surface area (TPSA) is 42.7 Å². The molecule has 0 unspecified atom stereocenters. The molecule has 0 saturated carbocycles. The second-order valence-corrected chi connectivity index (χ2v) is 7.74. The Morgan fingerprint density at radius 2 is 2.14 bits per heavy atom. The van der Waals surface area contributed by atoms with Crippen molar-refractivity contribution in [2.45, 2.75) is 39.3 Å². The Morgan fingerprint density at radius 1 is 1.41 bits per heavy atom. The highest BCUT2D eigenvalue weighted by atomic mass is 79.9. The summed E-state index contributed by atoms with van der Waals surface area (Å²) in [7, 11) is 0. The van der Waals surface area contributed by atoms with Gasteiger partial charge in [0.2, 0.25) is 0 Å². The number of carbonyl (C=O) groups is 1. The molecule has 1 aromatic heterocycles. The molecule has 2 aromatic rings. The fourth-order valence-electron chi connectivity index (χ4n) is 2.59. The zero-order valence-corrected chi connectivity index (χ0v) is 15.0. The van der Waals surface area contributed by atoms with Gasteiger partial charge in [0.15, 0.2) is 5.58 Å². The van der Waals surface area contributed by atoms with Gasteiger partial charge in [-0.2, -0.15) is 0 Å². The lowest BCUT2D eigenvalue weighted by Crippen LogP contribution is -2.39. The zero-order valence-electron chi connectivity index (χ0n) is 12.7. The van der Waals surface area contributed by atoms with E-state index in [2.05, 4.69) is 15.9 Å². The molecule has 4 nitrogen and oxygen atoms in total. The van der Waals surface area contributed by atoms with Gasteiger partial charge in [-0.3, -0.25) is 0 Å². The Labute approximate surface area is 142 Å². The second kappa shape index (κ2) is 5.46. The molecule has 22 heavy (non-hydrogen) atoms. The quantitative estimate of drug-likeness (QED) is 0.629. The van der Waals surface area contributed by atoms with Gasteiger partial charge in [0, 0.05) is 28.4 Å². The fraction of sp³-hybridized carbons (Fsp3) is 0.438. The Bertz CT molecular complexity index is 748. The van der Waals surface area contributed by atoms with Gasteiger partial charge in [0.05, 0.1) is 11.6 Å². The van der Waals surface area contributed by atoms with Crippen molar-refractivity contribution in [3.8, 4) is 0 Å². The minimum atomic E-state index is -0.498. The largest absolute Gasteiger partial charge is 0.459 e. The number of ether oxygens (including phenoxy) is 1. The number of furan rings is 1. The summed E-state index contributed by atoms with van der Waals surface area (Å²) < 4.78 is 12.2. The van der Waals surface area contributed by atoms with Crippen molar-refractivity contribution in [3.63, 3.8) is 0 Å². The molecule has 0 radical (unpaired) electrons. The van der Waals surface area contributed by atoms with Gasteiger partial charge in [-0.1, -0.05) is 27.5 Å². The summed E-state index contributed by atoms with van der Waals surface area (Å²) in [6.45, 7) is 6.66. The van der Waals surface area contributed by atoms with E-state index in [-0.39, 0.29) is 6.09 Å². The molecule has 1 aromatic carbocycles. The minimum Gasteiger partial charge on any atom is -0.459 e. The van der Waals surface area contributed by atoms with Crippen molar-refractivity contribution in [2.75, 3.05) is 6.54 Å². The highest BCUT2D eigenvalue weighted by molar-refractivity contribution is 9.10. The number of amides is 1. The van der Waals surface area contributed by atoms with Gasteiger partial charge in [-0.25, -0.2) is 4.79 Å². The number of hydrogen-bond acceptors (Lipinski definition) is 3. The highest BCUT2D eigenvalue weighted by Gasteiger charge is 2.29. The normalized spacial score (nSPS) is 15.0. The number of benzene rings is 1. The molecule has 0 atom stereocenters. The first-order chi connectivity index (χ1) is 10.2. The van der Waals surface area contributed by atoms with E-state index in [0.29, 0.717) is 30.1 Å². The van der Waals surface area contributed by atoms with Crippen LogP contribution in [0.1, 0.15) is 32.1 Å². The molecular weight excluding hydrogens is 370 g/mol. The van der Waals surface area contributed by atoms with Crippen LogP contribution >= 0.6 is 27.5 Å². The molecule has 118 valence electrons. The molecule has 1 aliphatic heterocycles. The van der Waals surface area contributed by atoms with Crippen molar-refractivity contribution < 1.29 is 13.9 Å². The van der Waals surface area contributed by atoms with E-state index in [1.54, 1.807) is 4.90 Å². The van der Waals surface area contributed by atoms with Crippen LogP contribution in [-0.2, 0) is 17.7 Å². The average molecular weight is 387 g/mol. The number of hydrogen-bond donors (Lipinski definition) is 0. The van der Waals surface area contributed by atoms with Crippen LogP contribution in [-0.4, -0.2) is 23.1 Å². The lowest BCUT2D eigenvalue weighted by Gasteiger charge is -2.29. The van der Waals surface area contributed by atoms with Crippen molar-refractivity contribution in [3.05, 3.63) is 33.0 Å². The Balaban J connectivity index is 1.94. The first-order valence-corrected chi connectivity index (χ1v) is 8.29. The molecule has 0 saturated heterocycles. The molecule has 2 heterocycles. The summed E-state index contributed by atoms with van der Waals surface area (Å²) in [6, 6.07) is 3.78. The molecular formula is C16H17BrClNO3. The molecule has 0 N–H and O–H groups in total. The first-order valence-electron chi connectivity index (χ1n) is 7.12. The van der Waals surface area contributed by atoms with Crippen molar-refractivity contribution >= 4 is 44.6 Å². The average Bonchev–Trinajstić information content (AvgIpc) is 2.75. The van der Waals surface area contributed by atoms with E-state index in [4.69, 9.17) is 20.8 Å². The van der Waals surface area contributed by atoms with Gasteiger partial charge in [0.1, 0.15) is 11.4 Å². The van der Waals surface area contributed by atoms with Crippen molar-refractivity contribution in [2.24, 2.45) is 0 Å². The van der Waals surface area contributed by atoms with Crippen LogP contribution in [0.2, 0.25) is 5.02 Å². The summed E-state index contributed by atoms with van der Waals surface area (Å²) >= 11 is 9.69. The van der Waals surface area contributed by atoms with Crippen LogP contribution in [0.5, 0.6) is 0 Å². The molecule has 1 amide bonds. The van der Waals surface area contributed by atoms with Crippen LogP contribution in [0.4, 0.5) is 4.79 Å². The minimum absolute atomic E-state index is 0.298. The smallest absolute Gasteiger partial charge is 0.410 e. The number of carbonyl (C=O) groups excluding carboxylic acids is 1. The predicted molar refractivity (Wildman–Crippen MR) is 89.3 cm³/mol. The summed E-state index contributed by atoms with van der Waals surface area (Å²) in [4.78, 5) is 14.0. The van der Waals surface area contributed by atoms with Crippen LogP contribution in [0.15, 0.2) is 21.0 Å². The molecule has 0 bridgehead atoms. The summed E-state index contributed by atoms with van der Waals surface area (Å²) in [5.74, 6) is 0.898. The summed E-state index contributed by atoms with van der Waals surface area (Å²) in [5, 5.41) is 1.52. The van der Waals surface area contributed by atoms with E-state index in [1.165, 1.54) is 0 Å². The maximum Gasteiger partial charge on any atom is 0.410 e. The lowest BCUT2D eigenvalue weighted by atomic mass is 10.1. The standard InChI is InChI=1S/C16H17BrClNO3/c1-16(2,3)22-15(20)19-5-4-13-11(8-19)10-6-9(17)7-12(18)14(10)21-13/h6-7H,4-5,8H2,1-3H3. The zero-order chi connectivity index (χ0) is 16.1. The van der Waals surface area contributed by atoms with E-state index < -0.39 is 5.60 Å². The Kier molecular flexibility index (Phi) is 3.89. The molecule has 1 aliphatic rings. The lowest BCUT2D eigenvalue weighted by molar-refractivity contribution is 0.0220. The maximum atomic E-state index is 12.3. The van der Waals surface area contributed by atoms with E-state index in [0.717, 1.165) is 21.2 Å². The molecule has 0 aliphatic carbocycles. The second-order valence-electron chi connectivity index (χ2n) is 6.42. The van der Waals surface area contributed by atoms with Gasteiger partial charge < -0.3 is 14.1 Å². The summed E-state index contributed by atoms with van der Waals surface area (Å²) in [5.41, 5.74) is 1.19. The fourth-order valence-corrected chi connectivity index (χ4v) is 3.43. The van der Waals surface area contributed by atoms with E-state index in [9.17, 15) is 4.79 Å². The van der Waals surface area contributed by atoms with Crippen LogP contribution in [0, 0.1) is 0 Å². The Hall–Kier alpha value is -1.20. The number of rotatable bonds is 0. The third-order valence-electron chi connectivity index (χ3n) is 3.50. The first kappa shape index (κ1) is 15.7. The third kappa shape index (κ3) is 2.97. The van der Waals surface area contributed by atoms with Gasteiger partial charge in [-0.05, 0) is 32.9 Å². The highest BCUT2D eigenvalue weighted by Crippen LogP contribution is 2.37. The predicted octanol–water partition coefficient (Wildman–Crippen LogP) is 5.14. The molecule has 0 spiro atoms. The Morgan fingerprint density at radius 3 is 2.82 bits per heavy atom. The molecule has 3 rings (SSSR count). The number of nitrogens with zero attached hydrogens (tertiary/aromatic N) is 1. The van der Waals surface area contributed by atoms with Crippen molar-refractivity contribution in [1.82, 2.24) is 4.90 Å². The monoisotopic (exact) mass is 385 g/mol. The van der Waals surface area contributed by atoms with E-state index in [1.807, 2.05) is 32.9 Å². The van der Waals surface area contributed by atoms with Gasteiger partial charge >= 0.3 is 6.09 Å². The SMILES string of the molecule is CC(C)(C)OC(=O)N1CCc2oc3c(Cl)cc(Br)cc3c2C1. The van der Waals surface area contributed by atoms with Crippen LogP contribution in [0.3, 0.4) is 0 Å². The van der Waals surface area contributed by atoms with Crippen LogP contribution in [0.25, 0.3) is 11.0 Å². The third-order valence-corrected chi connectivity index (χ3v) is 4.24. The van der Waals surface area contributed by atoms with Crippen LogP contribution < -0.4 is 0 Å².